The maximum Gasteiger partial charge on any atom is 0.324 e. The lowest BCUT2D eigenvalue weighted by molar-refractivity contribution is -0.186. The van der Waals surface area contributed by atoms with E-state index in [0.717, 1.165) is 17.5 Å². The largest absolute Gasteiger partial charge is 0.494 e. The Morgan fingerprint density at radius 2 is 1.52 bits per heavy atom. The van der Waals surface area contributed by atoms with Crippen LogP contribution in [0.5, 0.6) is 5.75 Å². The van der Waals surface area contributed by atoms with Crippen molar-refractivity contribution >= 4 is 39.6 Å². The molecule has 0 radical (unpaired) electrons. The third kappa shape index (κ3) is 9.29. The van der Waals surface area contributed by atoms with E-state index in [2.05, 4.69) is 17.2 Å². The summed E-state index contributed by atoms with van der Waals surface area (Å²) >= 11 is 0. The van der Waals surface area contributed by atoms with Gasteiger partial charge in [-0.05, 0) is 90.8 Å². The maximum atomic E-state index is 14.0. The minimum atomic E-state index is -2.14. The molecule has 0 aliphatic carbocycles. The average Bonchev–Trinajstić information content (AvgIpc) is 3.44. The fourth-order valence-corrected chi connectivity index (χ4v) is 5.24. The quantitative estimate of drug-likeness (QED) is 0.0555. The number of ether oxygens (including phenoxy) is 3. The van der Waals surface area contributed by atoms with Crippen molar-refractivity contribution in [3.63, 3.8) is 0 Å². The second-order valence-electron chi connectivity index (χ2n) is 14.1. The summed E-state index contributed by atoms with van der Waals surface area (Å²) in [5, 5.41) is 9.10. The van der Waals surface area contributed by atoms with Crippen LogP contribution in [-0.4, -0.2) is 50.5 Å². The Balaban J connectivity index is 1.67. The van der Waals surface area contributed by atoms with Crippen LogP contribution in [0, 0.1) is 5.41 Å². The maximum absolute atomic E-state index is 14.0. The van der Waals surface area contributed by atoms with Crippen LogP contribution in [0.15, 0.2) is 57.7 Å². The van der Waals surface area contributed by atoms with Crippen LogP contribution in [0.25, 0.3) is 21.9 Å². The summed E-state index contributed by atoms with van der Waals surface area (Å²) in [5.74, 6) is -1.91. The fraction of sp³-hybridized carbons (Fsp3) is 0.514. The molecule has 2 heterocycles. The highest BCUT2D eigenvalue weighted by Gasteiger charge is 2.53. The standard InChI is InChI=1S/C37H47N3O8/c1-8-9-10-11-14-21-45-26-17-18-30-25(22-26)23-31(46-30)29(41)24-37(33(43)47-35(2,3)4,34(44)48-36(5,6)7)19-20-40-32(42)27-15-12-13-16-28(27)38-39-40/h12-13,15-18,22-23H,8-11,14,19-21,24H2,1-7H3. The second-order valence-corrected chi connectivity index (χ2v) is 14.1. The number of hydrogen-bond donors (Lipinski definition) is 0. The van der Waals surface area contributed by atoms with Crippen molar-refractivity contribution in [2.24, 2.45) is 5.41 Å². The predicted molar refractivity (Wildman–Crippen MR) is 182 cm³/mol. The summed E-state index contributed by atoms with van der Waals surface area (Å²) in [5.41, 5.74) is -3.74. The van der Waals surface area contributed by atoms with Gasteiger partial charge in [0.15, 0.2) is 17.0 Å². The van der Waals surface area contributed by atoms with Crippen LogP contribution in [-0.2, 0) is 25.6 Å². The van der Waals surface area contributed by atoms with E-state index in [1.54, 1.807) is 90.1 Å². The third-order valence-corrected chi connectivity index (χ3v) is 7.70. The van der Waals surface area contributed by atoms with Gasteiger partial charge in [-0.25, -0.2) is 4.68 Å². The normalized spacial score (nSPS) is 12.3. The minimum Gasteiger partial charge on any atom is -0.494 e. The summed E-state index contributed by atoms with van der Waals surface area (Å²) < 4.78 is 24.4. The molecule has 0 N–H and O–H groups in total. The van der Waals surface area contributed by atoms with Crippen LogP contribution < -0.4 is 10.3 Å². The predicted octanol–water partition coefficient (Wildman–Crippen LogP) is 7.22. The molecule has 2 aromatic carbocycles. The molecule has 48 heavy (non-hydrogen) atoms. The van der Waals surface area contributed by atoms with Crippen LogP contribution in [0.1, 0.15) is 104 Å². The molecule has 258 valence electrons. The summed E-state index contributed by atoms with van der Waals surface area (Å²) in [6, 6.07) is 13.6. The van der Waals surface area contributed by atoms with Crippen molar-refractivity contribution in [1.82, 2.24) is 15.0 Å². The molecule has 0 spiro atoms. The van der Waals surface area contributed by atoms with Crippen LogP contribution in [0.3, 0.4) is 0 Å². The molecule has 4 aromatic rings. The van der Waals surface area contributed by atoms with Gasteiger partial charge in [0.2, 0.25) is 0 Å². The number of aryl methyl sites for hydroxylation is 1. The van der Waals surface area contributed by atoms with Crippen molar-refractivity contribution in [3.05, 3.63) is 64.6 Å². The molecule has 0 saturated carbocycles. The Bertz CT molecular complexity index is 1780. The van der Waals surface area contributed by atoms with E-state index in [1.807, 2.05) is 0 Å². The molecule has 0 aliphatic heterocycles. The smallest absolute Gasteiger partial charge is 0.324 e. The molecule has 0 bridgehead atoms. The number of furan rings is 1. The molecule has 0 amide bonds. The zero-order valence-electron chi connectivity index (χ0n) is 29.1. The fourth-order valence-electron chi connectivity index (χ4n) is 5.24. The molecule has 2 aromatic heterocycles. The highest BCUT2D eigenvalue weighted by Crippen LogP contribution is 2.37. The van der Waals surface area contributed by atoms with Gasteiger partial charge >= 0.3 is 11.9 Å². The Hall–Kier alpha value is -4.54. The molecule has 11 heteroatoms. The first-order valence-corrected chi connectivity index (χ1v) is 16.6. The first-order valence-electron chi connectivity index (χ1n) is 16.6. The van der Waals surface area contributed by atoms with E-state index >= 15 is 0 Å². The first-order chi connectivity index (χ1) is 22.6. The Labute approximate surface area is 280 Å². The van der Waals surface area contributed by atoms with Gasteiger partial charge in [0.1, 0.15) is 28.1 Å². The van der Waals surface area contributed by atoms with Gasteiger partial charge in [-0.2, -0.15) is 0 Å². The van der Waals surface area contributed by atoms with Gasteiger partial charge in [-0.3, -0.25) is 19.2 Å². The zero-order valence-corrected chi connectivity index (χ0v) is 29.1. The number of carbonyl (C=O) groups is 3. The molecule has 0 fully saturated rings. The Kier molecular flexibility index (Phi) is 11.4. The van der Waals surface area contributed by atoms with Gasteiger partial charge in [0, 0.05) is 18.4 Å². The second kappa shape index (κ2) is 15.1. The van der Waals surface area contributed by atoms with Gasteiger partial charge in [-0.15, -0.1) is 5.10 Å². The van der Waals surface area contributed by atoms with Gasteiger partial charge < -0.3 is 18.6 Å². The number of aromatic nitrogens is 3. The Morgan fingerprint density at radius 1 is 0.854 bits per heavy atom. The zero-order chi connectivity index (χ0) is 35.1. The van der Waals surface area contributed by atoms with Gasteiger partial charge in [-0.1, -0.05) is 50.0 Å². The lowest BCUT2D eigenvalue weighted by atomic mass is 9.78. The minimum absolute atomic E-state index is 0.0409. The van der Waals surface area contributed by atoms with E-state index < -0.39 is 46.3 Å². The number of hydrogen-bond acceptors (Lipinski definition) is 10. The lowest BCUT2D eigenvalue weighted by Crippen LogP contribution is -2.49. The highest BCUT2D eigenvalue weighted by molar-refractivity contribution is 6.08. The molecule has 0 saturated heterocycles. The number of Topliss-reactive ketones (excluding diaryl/α,β-unsaturated/α-hetero) is 1. The topological polar surface area (TPSA) is 140 Å². The summed E-state index contributed by atoms with van der Waals surface area (Å²) in [6.45, 7) is 12.5. The summed E-state index contributed by atoms with van der Waals surface area (Å²) in [6.07, 6.45) is 4.64. The number of rotatable bonds is 15. The Morgan fingerprint density at radius 3 is 2.19 bits per heavy atom. The van der Waals surface area contributed by atoms with Crippen molar-refractivity contribution in [1.29, 1.82) is 0 Å². The number of carbonyl (C=O) groups excluding carboxylic acids is 3. The summed E-state index contributed by atoms with van der Waals surface area (Å²) in [4.78, 5) is 55.3. The van der Waals surface area contributed by atoms with E-state index in [-0.39, 0.29) is 18.7 Å². The number of benzene rings is 2. The molecule has 0 atom stereocenters. The molecule has 4 rings (SSSR count). The lowest BCUT2D eigenvalue weighted by Gasteiger charge is -2.34. The van der Waals surface area contributed by atoms with Crippen molar-refractivity contribution in [2.75, 3.05) is 6.61 Å². The highest BCUT2D eigenvalue weighted by atomic mass is 16.6. The molecular weight excluding hydrogens is 614 g/mol. The molecule has 0 unspecified atom stereocenters. The van der Waals surface area contributed by atoms with Crippen LogP contribution in [0.2, 0.25) is 0 Å². The number of ketones is 1. The van der Waals surface area contributed by atoms with Crippen molar-refractivity contribution < 1.29 is 33.0 Å². The van der Waals surface area contributed by atoms with Crippen molar-refractivity contribution in [3.8, 4) is 5.75 Å². The molecule has 11 nitrogen and oxygen atoms in total. The SMILES string of the molecule is CCCCCCCOc1ccc2oc(C(=O)CC(CCn3nnc4ccccc4c3=O)(C(=O)OC(C)(C)C)C(=O)OC(C)(C)C)cc2c1. The van der Waals surface area contributed by atoms with Crippen LogP contribution in [0.4, 0.5) is 0 Å². The summed E-state index contributed by atoms with van der Waals surface area (Å²) in [7, 11) is 0. The van der Waals surface area contributed by atoms with Gasteiger partial charge in [0.05, 0.1) is 12.0 Å². The van der Waals surface area contributed by atoms with Crippen molar-refractivity contribution in [2.45, 2.75) is 111 Å². The number of nitrogens with zero attached hydrogens (tertiary/aromatic N) is 3. The number of fused-ring (bicyclic) bond motifs is 2. The van der Waals surface area contributed by atoms with E-state index in [4.69, 9.17) is 18.6 Å². The monoisotopic (exact) mass is 661 g/mol. The van der Waals surface area contributed by atoms with E-state index in [0.29, 0.717) is 34.2 Å². The third-order valence-electron chi connectivity index (χ3n) is 7.70. The first kappa shape index (κ1) is 36.3. The average molecular weight is 662 g/mol. The van der Waals surface area contributed by atoms with E-state index in [1.165, 1.54) is 19.3 Å². The van der Waals surface area contributed by atoms with Crippen LogP contribution >= 0.6 is 0 Å². The number of unbranched alkanes of at least 4 members (excludes halogenated alkanes) is 4. The molecule has 0 aliphatic rings. The number of esters is 2. The van der Waals surface area contributed by atoms with Gasteiger partial charge in [0.25, 0.3) is 5.56 Å². The van der Waals surface area contributed by atoms with E-state index in [9.17, 15) is 19.2 Å². The molecular formula is C37H47N3O8.